The molecule has 1 saturated heterocycles. The van der Waals surface area contributed by atoms with E-state index >= 15 is 0 Å². The lowest BCUT2D eigenvalue weighted by molar-refractivity contribution is 0.122. The number of hydrogen-bond acceptors (Lipinski definition) is 8. The van der Waals surface area contributed by atoms with Crippen LogP contribution in [0.5, 0.6) is 0 Å². The Hall–Kier alpha value is -2.49. The fraction of sp³-hybridized carbons (Fsp3) is 0.263. The molecule has 0 amide bonds. The van der Waals surface area contributed by atoms with Crippen LogP contribution in [0, 0.1) is 6.92 Å². The summed E-state index contributed by atoms with van der Waals surface area (Å²) in [5.41, 5.74) is 2.25. The Morgan fingerprint density at radius 1 is 1.04 bits per heavy atom. The molecule has 28 heavy (non-hydrogen) atoms. The summed E-state index contributed by atoms with van der Waals surface area (Å²) < 4.78 is 7.61. The standard InChI is InChI=1S/C19H18N6OS2/c1-13-2-4-14(5-3-13)25-18(24-7-9-26-10-8-24)22-23-19(25)28-17-15-6-11-27-16(15)20-12-21-17/h2-6,11-12H,7-10H2,1H3. The second-order valence-corrected chi connectivity index (χ2v) is 8.32. The third-order valence-corrected chi connectivity index (χ3v) is 6.40. The lowest BCUT2D eigenvalue weighted by Crippen LogP contribution is -2.37. The zero-order chi connectivity index (χ0) is 18.9. The smallest absolute Gasteiger partial charge is 0.232 e. The van der Waals surface area contributed by atoms with Gasteiger partial charge in [-0.05, 0) is 42.3 Å². The molecule has 1 aliphatic heterocycles. The lowest BCUT2D eigenvalue weighted by Gasteiger charge is -2.27. The number of morpholine rings is 1. The summed E-state index contributed by atoms with van der Waals surface area (Å²) in [5, 5.41) is 13.8. The number of rotatable bonds is 4. The molecule has 3 aromatic heterocycles. The lowest BCUT2D eigenvalue weighted by atomic mass is 10.2. The molecule has 142 valence electrons. The van der Waals surface area contributed by atoms with Gasteiger partial charge < -0.3 is 9.64 Å². The van der Waals surface area contributed by atoms with E-state index in [0.717, 1.165) is 45.1 Å². The summed E-state index contributed by atoms with van der Waals surface area (Å²) in [5.74, 6) is 0.838. The van der Waals surface area contributed by atoms with Crippen molar-refractivity contribution in [1.82, 2.24) is 24.7 Å². The summed E-state index contributed by atoms with van der Waals surface area (Å²) in [7, 11) is 0. The van der Waals surface area contributed by atoms with Gasteiger partial charge in [0, 0.05) is 18.5 Å². The minimum Gasteiger partial charge on any atom is -0.378 e. The minimum atomic E-state index is 0.699. The predicted molar refractivity (Wildman–Crippen MR) is 111 cm³/mol. The Kier molecular flexibility index (Phi) is 4.71. The van der Waals surface area contributed by atoms with Crippen LogP contribution in [0.2, 0.25) is 0 Å². The number of fused-ring (bicyclic) bond motifs is 1. The predicted octanol–water partition coefficient (Wildman–Crippen LogP) is 3.57. The topological polar surface area (TPSA) is 69.0 Å². The monoisotopic (exact) mass is 410 g/mol. The van der Waals surface area contributed by atoms with Gasteiger partial charge in [-0.15, -0.1) is 21.5 Å². The van der Waals surface area contributed by atoms with Crippen molar-refractivity contribution in [1.29, 1.82) is 0 Å². The third-order valence-electron chi connectivity index (χ3n) is 4.62. The normalized spacial score (nSPS) is 14.7. The van der Waals surface area contributed by atoms with Crippen molar-refractivity contribution in [3.63, 3.8) is 0 Å². The number of hydrogen-bond donors (Lipinski definition) is 0. The van der Waals surface area contributed by atoms with Crippen LogP contribution in [0.4, 0.5) is 5.95 Å². The molecular formula is C19H18N6OS2. The maximum absolute atomic E-state index is 5.50. The van der Waals surface area contributed by atoms with E-state index in [4.69, 9.17) is 4.74 Å². The van der Waals surface area contributed by atoms with Crippen LogP contribution in [0.3, 0.4) is 0 Å². The van der Waals surface area contributed by atoms with Crippen LogP contribution in [0.1, 0.15) is 5.56 Å². The quantitative estimate of drug-likeness (QED) is 0.476. The average Bonchev–Trinajstić information content (AvgIpc) is 3.37. The average molecular weight is 411 g/mol. The molecule has 0 N–H and O–H groups in total. The molecule has 0 unspecified atom stereocenters. The largest absolute Gasteiger partial charge is 0.378 e. The number of thiophene rings is 1. The van der Waals surface area contributed by atoms with Crippen molar-refractivity contribution in [2.45, 2.75) is 17.1 Å². The van der Waals surface area contributed by atoms with Gasteiger partial charge in [0.1, 0.15) is 16.2 Å². The van der Waals surface area contributed by atoms with Crippen LogP contribution in [0.25, 0.3) is 15.9 Å². The van der Waals surface area contributed by atoms with Crippen LogP contribution in [-0.2, 0) is 4.74 Å². The van der Waals surface area contributed by atoms with Gasteiger partial charge in [0.2, 0.25) is 11.1 Å². The Morgan fingerprint density at radius 2 is 1.86 bits per heavy atom. The highest BCUT2D eigenvalue weighted by atomic mass is 32.2. The van der Waals surface area contributed by atoms with E-state index in [-0.39, 0.29) is 0 Å². The molecule has 1 fully saturated rings. The van der Waals surface area contributed by atoms with E-state index in [1.165, 1.54) is 17.3 Å². The van der Waals surface area contributed by atoms with Crippen molar-refractivity contribution in [3.05, 3.63) is 47.6 Å². The van der Waals surface area contributed by atoms with Crippen molar-refractivity contribution in [2.24, 2.45) is 0 Å². The van der Waals surface area contributed by atoms with E-state index in [9.17, 15) is 0 Å². The van der Waals surface area contributed by atoms with Crippen molar-refractivity contribution in [2.75, 3.05) is 31.2 Å². The molecule has 0 aliphatic carbocycles. The van der Waals surface area contributed by atoms with Gasteiger partial charge in [-0.3, -0.25) is 4.57 Å². The number of nitrogens with zero attached hydrogens (tertiary/aromatic N) is 6. The summed E-state index contributed by atoms with van der Waals surface area (Å²) in [6.07, 6.45) is 1.61. The van der Waals surface area contributed by atoms with Crippen LogP contribution < -0.4 is 4.90 Å². The van der Waals surface area contributed by atoms with E-state index < -0.39 is 0 Å². The van der Waals surface area contributed by atoms with Gasteiger partial charge in [-0.25, -0.2) is 9.97 Å². The molecule has 4 aromatic rings. The van der Waals surface area contributed by atoms with Crippen LogP contribution >= 0.6 is 23.1 Å². The first-order chi connectivity index (χ1) is 13.8. The first-order valence-corrected chi connectivity index (χ1v) is 10.7. The zero-order valence-electron chi connectivity index (χ0n) is 15.3. The number of aromatic nitrogens is 5. The third kappa shape index (κ3) is 3.25. The number of ether oxygens (including phenoxy) is 1. The fourth-order valence-corrected chi connectivity index (χ4v) is 4.86. The van der Waals surface area contributed by atoms with Gasteiger partial charge in [-0.1, -0.05) is 17.7 Å². The van der Waals surface area contributed by atoms with Gasteiger partial charge in [0.25, 0.3) is 0 Å². The molecule has 9 heteroatoms. The molecular weight excluding hydrogens is 392 g/mol. The second kappa shape index (κ2) is 7.50. The maximum atomic E-state index is 5.50. The summed E-state index contributed by atoms with van der Waals surface area (Å²) in [6, 6.07) is 10.5. The molecule has 0 spiro atoms. The van der Waals surface area contributed by atoms with Crippen molar-refractivity contribution in [3.8, 4) is 5.69 Å². The molecule has 1 aromatic carbocycles. The molecule has 0 saturated carbocycles. The number of anilines is 1. The molecule has 7 nitrogen and oxygen atoms in total. The second-order valence-electron chi connectivity index (χ2n) is 6.47. The Labute approximate surface area is 170 Å². The van der Waals surface area contributed by atoms with Crippen molar-refractivity contribution >= 4 is 39.3 Å². The zero-order valence-corrected chi connectivity index (χ0v) is 16.9. The van der Waals surface area contributed by atoms with Gasteiger partial charge in [0.15, 0.2) is 0 Å². The molecule has 4 heterocycles. The number of aryl methyl sites for hydroxylation is 1. The highest BCUT2D eigenvalue weighted by molar-refractivity contribution is 7.99. The molecule has 0 bridgehead atoms. The van der Waals surface area contributed by atoms with E-state index in [1.54, 1.807) is 17.7 Å². The Morgan fingerprint density at radius 3 is 2.68 bits per heavy atom. The fourth-order valence-electron chi connectivity index (χ4n) is 3.15. The SMILES string of the molecule is Cc1ccc(-n2c(Sc3ncnc4sccc34)nnc2N2CCOCC2)cc1. The first-order valence-electron chi connectivity index (χ1n) is 9.01. The van der Waals surface area contributed by atoms with Crippen LogP contribution in [-0.4, -0.2) is 51.0 Å². The Bertz CT molecular complexity index is 1100. The molecule has 0 atom stereocenters. The van der Waals surface area contributed by atoms with Gasteiger partial charge >= 0.3 is 0 Å². The van der Waals surface area contributed by atoms with Crippen molar-refractivity contribution < 1.29 is 4.74 Å². The summed E-state index contributed by atoms with van der Waals surface area (Å²) in [6.45, 7) is 5.09. The first kappa shape index (κ1) is 17.6. The van der Waals surface area contributed by atoms with Gasteiger partial charge in [-0.2, -0.15) is 0 Å². The summed E-state index contributed by atoms with van der Waals surface area (Å²) >= 11 is 3.13. The Balaban J connectivity index is 1.60. The van der Waals surface area contributed by atoms with Gasteiger partial charge in [0.05, 0.1) is 18.9 Å². The highest BCUT2D eigenvalue weighted by Gasteiger charge is 2.23. The van der Waals surface area contributed by atoms with Crippen LogP contribution in [0.15, 0.2) is 52.2 Å². The summed E-state index contributed by atoms with van der Waals surface area (Å²) in [4.78, 5) is 12.0. The minimum absolute atomic E-state index is 0.699. The van der Waals surface area contributed by atoms with E-state index in [2.05, 4.69) is 66.9 Å². The highest BCUT2D eigenvalue weighted by Crippen LogP contribution is 2.35. The molecule has 5 rings (SSSR count). The van der Waals surface area contributed by atoms with E-state index in [0.29, 0.717) is 13.2 Å². The molecule has 1 aliphatic rings. The molecule has 0 radical (unpaired) electrons. The maximum Gasteiger partial charge on any atom is 0.232 e. The number of benzene rings is 1. The van der Waals surface area contributed by atoms with E-state index in [1.807, 2.05) is 5.38 Å².